The van der Waals surface area contributed by atoms with Gasteiger partial charge in [0.15, 0.2) is 0 Å². The predicted molar refractivity (Wildman–Crippen MR) is 80.1 cm³/mol. The second-order valence-corrected chi connectivity index (χ2v) is 5.23. The summed E-state index contributed by atoms with van der Waals surface area (Å²) in [6.07, 6.45) is 3.30. The number of likely N-dealkylation sites (N-methyl/N-ethyl adjacent to an activating group) is 1. The van der Waals surface area contributed by atoms with Crippen LogP contribution in [0.1, 0.15) is 25.7 Å². The van der Waals surface area contributed by atoms with E-state index in [0.717, 1.165) is 25.8 Å². The number of nitrogens with one attached hydrogen (secondary N) is 3. The molecule has 0 bridgehead atoms. The van der Waals surface area contributed by atoms with Crippen molar-refractivity contribution in [2.24, 2.45) is 0 Å². The van der Waals surface area contributed by atoms with Crippen LogP contribution in [0.15, 0.2) is 0 Å². The maximum atomic E-state index is 12.1. The lowest BCUT2D eigenvalue weighted by molar-refractivity contribution is -0.138. The predicted octanol–water partition coefficient (Wildman–Crippen LogP) is -0.987. The maximum absolute atomic E-state index is 12.1. The van der Waals surface area contributed by atoms with Crippen molar-refractivity contribution in [1.82, 2.24) is 20.9 Å². The van der Waals surface area contributed by atoms with Gasteiger partial charge in [-0.1, -0.05) is 0 Å². The van der Waals surface area contributed by atoms with E-state index in [1.165, 1.54) is 0 Å². The number of halogens is 1. The molecule has 2 unspecified atom stereocenters. The first-order valence-corrected chi connectivity index (χ1v) is 7.15. The molecule has 0 aromatic rings. The van der Waals surface area contributed by atoms with E-state index in [1.54, 1.807) is 11.9 Å². The Bertz CT molecular complexity index is 399. The normalized spacial score (nSPS) is 24.3. The second kappa shape index (κ2) is 8.19. The van der Waals surface area contributed by atoms with Gasteiger partial charge in [-0.3, -0.25) is 14.4 Å². The number of likely N-dealkylation sites (tertiary alicyclic amines) is 1. The Morgan fingerprint density at radius 1 is 1.19 bits per heavy atom. The first-order valence-electron chi connectivity index (χ1n) is 7.15. The molecule has 2 heterocycles. The minimum Gasteiger partial charge on any atom is -0.357 e. The summed E-state index contributed by atoms with van der Waals surface area (Å²) in [5.41, 5.74) is 0. The molecule has 2 saturated heterocycles. The Balaban J connectivity index is 0.00000220. The molecule has 2 atom stereocenters. The third-order valence-electron chi connectivity index (χ3n) is 3.91. The highest BCUT2D eigenvalue weighted by molar-refractivity contribution is 5.91. The van der Waals surface area contributed by atoms with Crippen LogP contribution in [0.3, 0.4) is 0 Å². The molecule has 2 aliphatic rings. The molecule has 2 fully saturated rings. The number of carbonyl (C=O) groups is 3. The summed E-state index contributed by atoms with van der Waals surface area (Å²) in [5.74, 6) is -0.464. The van der Waals surface area contributed by atoms with Crippen molar-refractivity contribution in [2.75, 3.05) is 26.7 Å². The smallest absolute Gasteiger partial charge is 0.242 e. The molecule has 0 spiro atoms. The lowest BCUT2D eigenvalue weighted by atomic mass is 10.2. The fourth-order valence-corrected chi connectivity index (χ4v) is 2.80. The number of nitrogens with zero attached hydrogens (tertiary/aromatic N) is 1. The van der Waals surface area contributed by atoms with Gasteiger partial charge in [-0.2, -0.15) is 0 Å². The van der Waals surface area contributed by atoms with E-state index in [1.807, 2.05) is 0 Å². The van der Waals surface area contributed by atoms with Gasteiger partial charge in [0.2, 0.25) is 17.7 Å². The monoisotopic (exact) mass is 318 g/mol. The first-order chi connectivity index (χ1) is 9.63. The Morgan fingerprint density at radius 2 is 1.95 bits per heavy atom. The Kier molecular flexibility index (Phi) is 6.91. The molecule has 0 aromatic heterocycles. The number of carbonyl (C=O) groups excluding carboxylic acids is 3. The van der Waals surface area contributed by atoms with Crippen LogP contribution in [-0.4, -0.2) is 61.4 Å². The molecule has 0 aromatic carbocycles. The molecular weight excluding hydrogens is 296 g/mol. The number of amides is 3. The largest absolute Gasteiger partial charge is 0.357 e. The van der Waals surface area contributed by atoms with Crippen LogP contribution in [0.4, 0.5) is 0 Å². The Hall–Kier alpha value is -1.34. The molecule has 21 heavy (non-hydrogen) atoms. The van der Waals surface area contributed by atoms with Gasteiger partial charge >= 0.3 is 0 Å². The lowest BCUT2D eigenvalue weighted by Crippen LogP contribution is -2.50. The zero-order valence-electron chi connectivity index (χ0n) is 12.2. The SMILES string of the molecule is CNC(=O)C1CCCN1C(=O)CNC(=O)C1CCCN1.Cl. The van der Waals surface area contributed by atoms with E-state index in [2.05, 4.69) is 16.0 Å². The molecule has 120 valence electrons. The summed E-state index contributed by atoms with van der Waals surface area (Å²) in [6, 6.07) is -0.579. The van der Waals surface area contributed by atoms with Gasteiger partial charge in [0.1, 0.15) is 6.04 Å². The molecule has 2 rings (SSSR count). The van der Waals surface area contributed by atoms with Crippen molar-refractivity contribution in [1.29, 1.82) is 0 Å². The maximum Gasteiger partial charge on any atom is 0.242 e. The first kappa shape index (κ1) is 17.7. The van der Waals surface area contributed by atoms with Crippen LogP contribution >= 0.6 is 12.4 Å². The third kappa shape index (κ3) is 4.31. The second-order valence-electron chi connectivity index (χ2n) is 5.23. The van der Waals surface area contributed by atoms with Crippen molar-refractivity contribution in [3.05, 3.63) is 0 Å². The van der Waals surface area contributed by atoms with E-state index < -0.39 is 6.04 Å². The van der Waals surface area contributed by atoms with Crippen molar-refractivity contribution in [2.45, 2.75) is 37.8 Å². The highest BCUT2D eigenvalue weighted by Gasteiger charge is 2.33. The quantitative estimate of drug-likeness (QED) is 0.621. The molecule has 3 amide bonds. The van der Waals surface area contributed by atoms with Gasteiger partial charge in [0.05, 0.1) is 12.6 Å². The molecule has 0 radical (unpaired) electrons. The molecule has 7 nitrogen and oxygen atoms in total. The molecule has 0 saturated carbocycles. The highest BCUT2D eigenvalue weighted by atomic mass is 35.5. The summed E-state index contributed by atoms with van der Waals surface area (Å²) >= 11 is 0. The van der Waals surface area contributed by atoms with Gasteiger partial charge < -0.3 is 20.9 Å². The minimum atomic E-state index is -0.394. The van der Waals surface area contributed by atoms with Gasteiger partial charge in [-0.15, -0.1) is 12.4 Å². The standard InChI is InChI=1S/C13H22N4O3.ClH/c1-14-13(20)10-5-3-7-17(10)11(18)8-16-12(19)9-4-2-6-15-9;/h9-10,15H,2-8H2,1H3,(H,14,20)(H,16,19);1H. The fourth-order valence-electron chi connectivity index (χ4n) is 2.80. The Morgan fingerprint density at radius 3 is 2.57 bits per heavy atom. The average molecular weight is 319 g/mol. The number of hydrogen-bond acceptors (Lipinski definition) is 4. The van der Waals surface area contributed by atoms with Gasteiger partial charge in [0.25, 0.3) is 0 Å². The Labute approximate surface area is 130 Å². The third-order valence-corrected chi connectivity index (χ3v) is 3.91. The van der Waals surface area contributed by atoms with Crippen molar-refractivity contribution in [3.63, 3.8) is 0 Å². The van der Waals surface area contributed by atoms with E-state index in [9.17, 15) is 14.4 Å². The van der Waals surface area contributed by atoms with E-state index >= 15 is 0 Å². The average Bonchev–Trinajstić information content (AvgIpc) is 3.13. The van der Waals surface area contributed by atoms with Crippen LogP contribution in [0.2, 0.25) is 0 Å². The summed E-state index contributed by atoms with van der Waals surface area (Å²) in [7, 11) is 1.57. The summed E-state index contributed by atoms with van der Waals surface area (Å²) in [4.78, 5) is 37.1. The van der Waals surface area contributed by atoms with Crippen molar-refractivity contribution < 1.29 is 14.4 Å². The van der Waals surface area contributed by atoms with Crippen LogP contribution in [0, 0.1) is 0 Å². The van der Waals surface area contributed by atoms with Crippen LogP contribution in [-0.2, 0) is 14.4 Å². The van der Waals surface area contributed by atoms with Crippen molar-refractivity contribution >= 4 is 30.1 Å². The molecule has 8 heteroatoms. The fraction of sp³-hybridized carbons (Fsp3) is 0.769. The summed E-state index contributed by atoms with van der Waals surface area (Å²) in [6.45, 7) is 1.38. The minimum absolute atomic E-state index is 0. The van der Waals surface area contributed by atoms with Crippen LogP contribution in [0.25, 0.3) is 0 Å². The van der Waals surface area contributed by atoms with Crippen LogP contribution in [0.5, 0.6) is 0 Å². The molecule has 2 aliphatic heterocycles. The topological polar surface area (TPSA) is 90.5 Å². The van der Waals surface area contributed by atoms with E-state index in [0.29, 0.717) is 13.0 Å². The van der Waals surface area contributed by atoms with E-state index in [4.69, 9.17) is 0 Å². The lowest BCUT2D eigenvalue weighted by Gasteiger charge is -2.23. The molecule has 3 N–H and O–H groups in total. The summed E-state index contributed by atoms with van der Waals surface area (Å²) < 4.78 is 0. The zero-order chi connectivity index (χ0) is 14.5. The highest BCUT2D eigenvalue weighted by Crippen LogP contribution is 2.17. The van der Waals surface area contributed by atoms with Crippen molar-refractivity contribution in [3.8, 4) is 0 Å². The van der Waals surface area contributed by atoms with Gasteiger partial charge in [-0.25, -0.2) is 0 Å². The zero-order valence-corrected chi connectivity index (χ0v) is 13.0. The van der Waals surface area contributed by atoms with Gasteiger partial charge in [-0.05, 0) is 32.2 Å². The summed E-state index contributed by atoms with van der Waals surface area (Å²) in [5, 5.41) is 8.31. The van der Waals surface area contributed by atoms with E-state index in [-0.39, 0.29) is 42.7 Å². The number of rotatable bonds is 4. The molecule has 0 aliphatic carbocycles. The number of hydrogen-bond donors (Lipinski definition) is 3. The van der Waals surface area contributed by atoms with Crippen LogP contribution < -0.4 is 16.0 Å². The molecular formula is C13H23ClN4O3. The van der Waals surface area contributed by atoms with Gasteiger partial charge in [0, 0.05) is 13.6 Å².